The summed E-state index contributed by atoms with van der Waals surface area (Å²) in [6, 6.07) is 4.90. The molecule has 0 bridgehead atoms. The third-order valence-corrected chi connectivity index (χ3v) is 3.11. The fraction of sp³-hybridized carbons (Fsp3) is 0.500. The predicted octanol–water partition coefficient (Wildman–Crippen LogP) is 0.957. The Bertz CT molecular complexity index is 441. The van der Waals surface area contributed by atoms with E-state index in [0.717, 1.165) is 0 Å². The van der Waals surface area contributed by atoms with Crippen molar-refractivity contribution < 1.29 is 14.6 Å². The van der Waals surface area contributed by atoms with E-state index < -0.39 is 0 Å². The van der Waals surface area contributed by atoms with E-state index in [1.807, 2.05) is 6.92 Å². The average Bonchev–Trinajstić information content (AvgIpc) is 2.38. The van der Waals surface area contributed by atoms with Crippen LogP contribution in [-0.4, -0.2) is 52.8 Å². The van der Waals surface area contributed by atoms with Crippen LogP contribution in [-0.2, 0) is 4.74 Å². The standard InChI is InChI=1S/C12H15ClN2O3/c1-8-7-18-9(6-16)5-15(8)12(17)10-3-2-4-11(13)14-10/h2-4,8-9,16H,5-7H2,1H3. The van der Waals surface area contributed by atoms with E-state index in [4.69, 9.17) is 21.4 Å². The topological polar surface area (TPSA) is 62.7 Å². The van der Waals surface area contributed by atoms with Crippen LogP contribution in [0.1, 0.15) is 17.4 Å². The monoisotopic (exact) mass is 270 g/mol. The Morgan fingerprint density at radius 2 is 2.44 bits per heavy atom. The lowest BCUT2D eigenvalue weighted by Gasteiger charge is -2.37. The zero-order valence-corrected chi connectivity index (χ0v) is 10.8. The molecule has 1 saturated heterocycles. The zero-order valence-electron chi connectivity index (χ0n) is 10.0. The molecular weight excluding hydrogens is 256 g/mol. The van der Waals surface area contributed by atoms with E-state index in [0.29, 0.717) is 24.0 Å². The van der Waals surface area contributed by atoms with E-state index >= 15 is 0 Å². The van der Waals surface area contributed by atoms with Gasteiger partial charge in [0.25, 0.3) is 5.91 Å². The molecule has 0 aliphatic carbocycles. The number of morpholine rings is 1. The van der Waals surface area contributed by atoms with Crippen molar-refractivity contribution in [3.05, 3.63) is 29.0 Å². The number of aromatic nitrogens is 1. The smallest absolute Gasteiger partial charge is 0.272 e. The highest BCUT2D eigenvalue weighted by atomic mass is 35.5. The van der Waals surface area contributed by atoms with Gasteiger partial charge in [-0.2, -0.15) is 0 Å². The Kier molecular flexibility index (Phi) is 4.16. The first-order valence-corrected chi connectivity index (χ1v) is 6.15. The summed E-state index contributed by atoms with van der Waals surface area (Å²) in [6.07, 6.45) is -0.329. The second-order valence-corrected chi connectivity index (χ2v) is 4.68. The number of halogens is 1. The quantitative estimate of drug-likeness (QED) is 0.813. The van der Waals surface area contributed by atoms with Gasteiger partial charge in [0.1, 0.15) is 10.8 Å². The van der Waals surface area contributed by atoms with Crippen LogP contribution in [0, 0.1) is 0 Å². The van der Waals surface area contributed by atoms with Crippen molar-refractivity contribution in [2.75, 3.05) is 19.8 Å². The van der Waals surface area contributed by atoms with Gasteiger partial charge in [-0.1, -0.05) is 17.7 Å². The molecule has 1 aromatic heterocycles. The highest BCUT2D eigenvalue weighted by Crippen LogP contribution is 2.15. The zero-order chi connectivity index (χ0) is 13.1. The van der Waals surface area contributed by atoms with Gasteiger partial charge in [0, 0.05) is 6.54 Å². The first-order valence-electron chi connectivity index (χ1n) is 5.78. The number of carbonyl (C=O) groups is 1. The van der Waals surface area contributed by atoms with E-state index in [2.05, 4.69) is 4.98 Å². The lowest BCUT2D eigenvalue weighted by Crippen LogP contribution is -2.52. The summed E-state index contributed by atoms with van der Waals surface area (Å²) in [7, 11) is 0. The molecule has 1 N–H and O–H groups in total. The lowest BCUT2D eigenvalue weighted by molar-refractivity contribution is -0.0668. The summed E-state index contributed by atoms with van der Waals surface area (Å²) < 4.78 is 5.39. The maximum atomic E-state index is 12.3. The van der Waals surface area contributed by atoms with Crippen LogP contribution in [0.4, 0.5) is 0 Å². The molecule has 18 heavy (non-hydrogen) atoms. The van der Waals surface area contributed by atoms with Gasteiger partial charge in [-0.05, 0) is 19.1 Å². The number of amides is 1. The van der Waals surface area contributed by atoms with Gasteiger partial charge in [-0.15, -0.1) is 0 Å². The number of aliphatic hydroxyl groups excluding tert-OH is 1. The Hall–Kier alpha value is -1.17. The van der Waals surface area contributed by atoms with Crippen molar-refractivity contribution in [3.63, 3.8) is 0 Å². The summed E-state index contributed by atoms with van der Waals surface area (Å²) in [6.45, 7) is 2.58. The highest BCUT2D eigenvalue weighted by Gasteiger charge is 2.30. The Morgan fingerprint density at radius 3 is 3.11 bits per heavy atom. The first kappa shape index (κ1) is 13.3. The summed E-state index contributed by atoms with van der Waals surface area (Å²) in [5.41, 5.74) is 0.313. The fourth-order valence-corrected chi connectivity index (χ4v) is 2.05. The van der Waals surface area contributed by atoms with Gasteiger partial charge < -0.3 is 14.7 Å². The first-order chi connectivity index (χ1) is 8.61. The normalized spacial score (nSPS) is 24.1. The molecule has 0 aromatic carbocycles. The number of aliphatic hydroxyl groups is 1. The number of pyridine rings is 1. The fourth-order valence-electron chi connectivity index (χ4n) is 1.89. The molecule has 2 atom stereocenters. The Balaban J connectivity index is 2.16. The van der Waals surface area contributed by atoms with Crippen LogP contribution in [0.5, 0.6) is 0 Å². The van der Waals surface area contributed by atoms with Crippen LogP contribution >= 0.6 is 11.6 Å². The second kappa shape index (κ2) is 5.65. The molecule has 1 aliphatic heterocycles. The third kappa shape index (κ3) is 2.80. The van der Waals surface area contributed by atoms with E-state index in [-0.39, 0.29) is 24.7 Å². The molecule has 2 heterocycles. The number of nitrogens with zero attached hydrogens (tertiary/aromatic N) is 2. The summed E-state index contributed by atoms with van der Waals surface area (Å²) in [5.74, 6) is -0.188. The minimum atomic E-state index is -0.329. The van der Waals surface area contributed by atoms with Crippen LogP contribution in [0.3, 0.4) is 0 Å². The van der Waals surface area contributed by atoms with Gasteiger partial charge in [0.05, 0.1) is 25.4 Å². The molecule has 0 saturated carbocycles. The summed E-state index contributed by atoms with van der Waals surface area (Å²) >= 11 is 5.77. The molecule has 2 unspecified atom stereocenters. The van der Waals surface area contributed by atoms with Gasteiger partial charge in [-0.3, -0.25) is 4.79 Å². The predicted molar refractivity (Wildman–Crippen MR) is 66.6 cm³/mol. The van der Waals surface area contributed by atoms with Crippen LogP contribution in [0.15, 0.2) is 18.2 Å². The highest BCUT2D eigenvalue weighted by molar-refractivity contribution is 6.29. The molecule has 1 aliphatic rings. The number of hydrogen-bond acceptors (Lipinski definition) is 4. The molecule has 2 rings (SSSR count). The maximum absolute atomic E-state index is 12.3. The largest absolute Gasteiger partial charge is 0.394 e. The van der Waals surface area contributed by atoms with Crippen molar-refractivity contribution in [1.29, 1.82) is 0 Å². The maximum Gasteiger partial charge on any atom is 0.272 e. The molecule has 1 aromatic rings. The third-order valence-electron chi connectivity index (χ3n) is 2.90. The number of rotatable bonds is 2. The number of carbonyl (C=O) groups excluding carboxylic acids is 1. The van der Waals surface area contributed by atoms with Gasteiger partial charge in [0.2, 0.25) is 0 Å². The molecule has 98 valence electrons. The second-order valence-electron chi connectivity index (χ2n) is 4.29. The SMILES string of the molecule is CC1COC(CO)CN1C(=O)c1cccc(Cl)n1. The average molecular weight is 271 g/mol. The molecule has 0 radical (unpaired) electrons. The van der Waals surface area contributed by atoms with Gasteiger partial charge in [-0.25, -0.2) is 4.98 Å². The Labute approximate surface area is 110 Å². The summed E-state index contributed by atoms with van der Waals surface area (Å²) in [4.78, 5) is 18.0. The molecule has 5 nitrogen and oxygen atoms in total. The molecule has 0 spiro atoms. The van der Waals surface area contributed by atoms with Crippen molar-refractivity contribution in [3.8, 4) is 0 Å². The van der Waals surface area contributed by atoms with Crippen molar-refractivity contribution in [2.45, 2.75) is 19.1 Å². The number of hydrogen-bond donors (Lipinski definition) is 1. The minimum absolute atomic E-state index is 0.0407. The number of ether oxygens (including phenoxy) is 1. The van der Waals surface area contributed by atoms with Gasteiger partial charge >= 0.3 is 0 Å². The Morgan fingerprint density at radius 1 is 1.67 bits per heavy atom. The molecule has 1 amide bonds. The minimum Gasteiger partial charge on any atom is -0.394 e. The molecule has 1 fully saturated rings. The van der Waals surface area contributed by atoms with Crippen molar-refractivity contribution in [2.24, 2.45) is 0 Å². The van der Waals surface area contributed by atoms with Crippen LogP contribution < -0.4 is 0 Å². The van der Waals surface area contributed by atoms with E-state index in [1.165, 1.54) is 0 Å². The lowest BCUT2D eigenvalue weighted by atomic mass is 10.2. The van der Waals surface area contributed by atoms with Crippen LogP contribution in [0.25, 0.3) is 0 Å². The van der Waals surface area contributed by atoms with Gasteiger partial charge in [0.15, 0.2) is 0 Å². The molecular formula is C12H15ClN2O3. The van der Waals surface area contributed by atoms with Crippen molar-refractivity contribution >= 4 is 17.5 Å². The summed E-state index contributed by atoms with van der Waals surface area (Å²) in [5, 5.41) is 9.38. The van der Waals surface area contributed by atoms with E-state index in [9.17, 15) is 4.79 Å². The van der Waals surface area contributed by atoms with E-state index in [1.54, 1.807) is 23.1 Å². The van der Waals surface area contributed by atoms with Crippen molar-refractivity contribution in [1.82, 2.24) is 9.88 Å². The van der Waals surface area contributed by atoms with Crippen LogP contribution in [0.2, 0.25) is 5.15 Å². The molecule has 6 heteroatoms.